The third kappa shape index (κ3) is 1.93. The Labute approximate surface area is 143 Å². The highest BCUT2D eigenvalue weighted by atomic mass is 127. The second-order valence-corrected chi connectivity index (χ2v) is 8.78. The summed E-state index contributed by atoms with van der Waals surface area (Å²) in [5.74, 6) is 3.96. The van der Waals surface area contributed by atoms with Gasteiger partial charge in [0.15, 0.2) is 23.0 Å². The maximum atomic E-state index is 5.67. The van der Waals surface area contributed by atoms with Gasteiger partial charge >= 0.3 is 0 Å². The van der Waals surface area contributed by atoms with Gasteiger partial charge in [-0.1, -0.05) is 31.4 Å². The highest BCUT2D eigenvalue weighted by Gasteiger charge is 2.56. The lowest BCUT2D eigenvalue weighted by Gasteiger charge is -2.58. The van der Waals surface area contributed by atoms with Gasteiger partial charge < -0.3 is 3.07 Å². The fraction of sp³-hybridized carbons (Fsp3) is 0.789. The van der Waals surface area contributed by atoms with Crippen LogP contribution in [0.5, 0.6) is 0 Å². The maximum absolute atomic E-state index is 5.67. The van der Waals surface area contributed by atoms with Gasteiger partial charge in [-0.05, 0) is 74.7 Å². The number of fused-ring (bicyclic) bond motifs is 5. The summed E-state index contributed by atoms with van der Waals surface area (Å²) in [5.41, 5.74) is 2.54. The molecule has 0 aliphatic heterocycles. The summed E-state index contributed by atoms with van der Waals surface area (Å²) >= 11 is 2.07. The van der Waals surface area contributed by atoms with Crippen molar-refractivity contribution in [1.82, 2.24) is 0 Å². The van der Waals surface area contributed by atoms with Crippen molar-refractivity contribution in [1.29, 1.82) is 0 Å². The monoisotopic (exact) mass is 398 g/mol. The molecule has 0 saturated heterocycles. The van der Waals surface area contributed by atoms with Crippen molar-refractivity contribution in [3.05, 3.63) is 23.5 Å². The molecule has 0 aromatic carbocycles. The Bertz CT molecular complexity index is 508. The number of hydrogen-bond donors (Lipinski definition) is 0. The van der Waals surface area contributed by atoms with Crippen LogP contribution in [0.4, 0.5) is 0 Å². The molecule has 0 amide bonds. The van der Waals surface area contributed by atoms with Gasteiger partial charge in [-0.25, -0.2) is 0 Å². The molecule has 5 unspecified atom stereocenters. The molecule has 0 heterocycles. The SMILES string of the molecule is CC12CCC3C(CCC4CCCCC43C)C1=CC=C2OI. The molecule has 0 bridgehead atoms. The van der Waals surface area contributed by atoms with E-state index in [1.807, 2.05) is 0 Å². The highest BCUT2D eigenvalue weighted by molar-refractivity contribution is 14.1. The van der Waals surface area contributed by atoms with Gasteiger partial charge in [-0.2, -0.15) is 0 Å². The van der Waals surface area contributed by atoms with Crippen LogP contribution in [-0.4, -0.2) is 0 Å². The van der Waals surface area contributed by atoms with Crippen molar-refractivity contribution in [2.75, 3.05) is 0 Å². The van der Waals surface area contributed by atoms with E-state index in [4.69, 9.17) is 3.07 Å². The molecule has 116 valence electrons. The summed E-state index contributed by atoms with van der Waals surface area (Å²) < 4.78 is 5.67. The van der Waals surface area contributed by atoms with E-state index in [9.17, 15) is 0 Å². The van der Waals surface area contributed by atoms with Gasteiger partial charge in [-0.15, -0.1) is 0 Å². The zero-order valence-corrected chi connectivity index (χ0v) is 15.5. The van der Waals surface area contributed by atoms with Crippen LogP contribution in [0.2, 0.25) is 0 Å². The molecule has 0 N–H and O–H groups in total. The summed E-state index contributed by atoms with van der Waals surface area (Å²) in [6, 6.07) is 0. The normalized spacial score (nSPS) is 48.6. The van der Waals surface area contributed by atoms with Crippen LogP contribution in [0.3, 0.4) is 0 Å². The highest BCUT2D eigenvalue weighted by Crippen LogP contribution is 2.65. The molecule has 21 heavy (non-hydrogen) atoms. The molecular formula is C19H27IO. The van der Waals surface area contributed by atoms with E-state index >= 15 is 0 Å². The second-order valence-electron chi connectivity index (χ2n) is 8.34. The quantitative estimate of drug-likeness (QED) is 0.478. The van der Waals surface area contributed by atoms with Crippen LogP contribution in [0, 0.1) is 28.6 Å². The van der Waals surface area contributed by atoms with E-state index in [2.05, 4.69) is 49.0 Å². The molecule has 0 spiro atoms. The first-order valence-electron chi connectivity index (χ1n) is 8.81. The molecule has 4 aliphatic rings. The standard InChI is InChI=1S/C19H27IO/c1-18-11-4-3-5-13(18)6-7-14-15-8-9-17(21-20)19(15,2)12-10-16(14)18/h8-9,13-14,16H,3-7,10-12H2,1-2H3. The maximum Gasteiger partial charge on any atom is 0.192 e. The summed E-state index contributed by atoms with van der Waals surface area (Å²) in [4.78, 5) is 0. The molecule has 4 rings (SSSR count). The Balaban J connectivity index is 1.66. The average molecular weight is 398 g/mol. The lowest BCUT2D eigenvalue weighted by molar-refractivity contribution is -0.0497. The van der Waals surface area contributed by atoms with Crippen molar-refractivity contribution >= 4 is 23.0 Å². The van der Waals surface area contributed by atoms with E-state index in [0.29, 0.717) is 5.41 Å². The molecule has 0 aromatic heterocycles. The van der Waals surface area contributed by atoms with Crippen molar-refractivity contribution in [3.63, 3.8) is 0 Å². The number of hydrogen-bond acceptors (Lipinski definition) is 1. The summed E-state index contributed by atoms with van der Waals surface area (Å²) in [5, 5.41) is 0. The topological polar surface area (TPSA) is 9.23 Å². The number of allylic oxidation sites excluding steroid dienone is 3. The fourth-order valence-electron chi connectivity index (χ4n) is 6.37. The third-order valence-corrected chi connectivity index (χ3v) is 8.12. The molecule has 3 saturated carbocycles. The summed E-state index contributed by atoms with van der Waals surface area (Å²) in [7, 11) is 0. The molecule has 4 aliphatic carbocycles. The van der Waals surface area contributed by atoms with Gasteiger partial charge in [0.1, 0.15) is 5.76 Å². The second kappa shape index (κ2) is 5.01. The Morgan fingerprint density at radius 2 is 1.90 bits per heavy atom. The predicted molar refractivity (Wildman–Crippen MR) is 94.9 cm³/mol. The van der Waals surface area contributed by atoms with Gasteiger partial charge in [0, 0.05) is 5.41 Å². The third-order valence-electron chi connectivity index (χ3n) is 7.64. The smallest absolute Gasteiger partial charge is 0.192 e. The number of halogens is 1. The Morgan fingerprint density at radius 3 is 2.71 bits per heavy atom. The van der Waals surface area contributed by atoms with Crippen molar-refractivity contribution in [2.24, 2.45) is 28.6 Å². The minimum absolute atomic E-state index is 0.209. The minimum atomic E-state index is 0.209. The van der Waals surface area contributed by atoms with E-state index in [-0.39, 0.29) is 5.41 Å². The molecule has 2 heteroatoms. The molecule has 0 aromatic rings. The molecule has 0 radical (unpaired) electrons. The van der Waals surface area contributed by atoms with Crippen LogP contribution in [0.15, 0.2) is 23.5 Å². The summed E-state index contributed by atoms with van der Waals surface area (Å²) in [6.07, 6.45) is 16.2. The largest absolute Gasteiger partial charge is 0.431 e. The first kappa shape index (κ1) is 14.6. The van der Waals surface area contributed by atoms with Crippen molar-refractivity contribution in [2.45, 2.75) is 65.2 Å². The van der Waals surface area contributed by atoms with Gasteiger partial charge in [0.25, 0.3) is 0 Å². The lowest BCUT2D eigenvalue weighted by Crippen LogP contribution is -2.49. The van der Waals surface area contributed by atoms with Crippen molar-refractivity contribution < 1.29 is 3.07 Å². The van der Waals surface area contributed by atoms with Gasteiger partial charge in [-0.3, -0.25) is 0 Å². The van der Waals surface area contributed by atoms with E-state index in [0.717, 1.165) is 17.8 Å². The minimum Gasteiger partial charge on any atom is -0.431 e. The van der Waals surface area contributed by atoms with Crippen LogP contribution in [0.25, 0.3) is 0 Å². The lowest BCUT2D eigenvalue weighted by atomic mass is 9.46. The van der Waals surface area contributed by atoms with Crippen LogP contribution >= 0.6 is 23.0 Å². The van der Waals surface area contributed by atoms with Crippen LogP contribution < -0.4 is 0 Å². The first-order chi connectivity index (χ1) is 10.1. The Morgan fingerprint density at radius 1 is 1.05 bits per heavy atom. The van der Waals surface area contributed by atoms with Gasteiger partial charge in [0.2, 0.25) is 0 Å². The predicted octanol–water partition coefficient (Wildman–Crippen LogP) is 6.20. The van der Waals surface area contributed by atoms with Gasteiger partial charge in [0.05, 0.1) is 0 Å². The van der Waals surface area contributed by atoms with E-state index in [1.165, 1.54) is 57.1 Å². The van der Waals surface area contributed by atoms with Crippen LogP contribution in [0.1, 0.15) is 65.2 Å². The summed E-state index contributed by atoms with van der Waals surface area (Å²) in [6.45, 7) is 5.05. The van der Waals surface area contributed by atoms with E-state index < -0.39 is 0 Å². The first-order valence-corrected chi connectivity index (χ1v) is 9.69. The Hall–Kier alpha value is 0.0100. The Kier molecular flexibility index (Phi) is 3.48. The fourth-order valence-corrected chi connectivity index (χ4v) is 7.00. The molecule has 5 atom stereocenters. The molecule has 1 nitrogen and oxygen atoms in total. The average Bonchev–Trinajstić information content (AvgIpc) is 2.83. The molecular weight excluding hydrogens is 371 g/mol. The van der Waals surface area contributed by atoms with Crippen LogP contribution in [-0.2, 0) is 3.07 Å². The molecule has 3 fully saturated rings. The van der Waals surface area contributed by atoms with E-state index in [1.54, 1.807) is 5.57 Å². The zero-order chi connectivity index (χ0) is 14.7. The van der Waals surface area contributed by atoms with Crippen molar-refractivity contribution in [3.8, 4) is 0 Å². The number of rotatable bonds is 1. The zero-order valence-electron chi connectivity index (χ0n) is 13.3.